The number of carbonyl (C=O) groups is 1. The lowest BCUT2D eigenvalue weighted by Crippen LogP contribution is -2.49. The van der Waals surface area contributed by atoms with Crippen LogP contribution in [-0.4, -0.2) is 54.5 Å². The van der Waals surface area contributed by atoms with Gasteiger partial charge in [-0.3, -0.25) is 4.79 Å². The maximum Gasteiger partial charge on any atom is 0.309 e. The topological polar surface area (TPSA) is 154 Å². The van der Waals surface area contributed by atoms with Gasteiger partial charge in [0.2, 0.25) is 10.0 Å². The number of hydrogen-bond acceptors (Lipinski definition) is 8. The van der Waals surface area contributed by atoms with Crippen LogP contribution < -0.4 is 15.4 Å². The van der Waals surface area contributed by atoms with E-state index in [9.17, 15) is 32.2 Å². The molecule has 200 valence electrons. The summed E-state index contributed by atoms with van der Waals surface area (Å²) in [4.78, 5) is 16.7. The number of hydrogen-bond donors (Lipinski definition) is 5. The molecule has 5 N–H and O–H groups in total. The standard InChI is InChI=1S/C23H25F2IN4O6S/c1-37(34,35)30-23-29-21(20(12-31)36-23)22(33)28-18(8-14-5-15(24)9-16(25)6-14)19(32)11-27-10-13-3-2-4-17(26)7-13/h2-7,9,18-19,27,31-32H,8,10-12H2,1H3,(H,28,33)(H,29,30)/t18-,19-/m0/s1. The molecular formula is C23H25F2IN4O6S. The van der Waals surface area contributed by atoms with Crippen molar-refractivity contribution in [2.75, 3.05) is 17.5 Å². The van der Waals surface area contributed by atoms with Crippen molar-refractivity contribution >= 4 is 44.5 Å². The summed E-state index contributed by atoms with van der Waals surface area (Å²) < 4.78 is 58.5. The number of anilines is 1. The lowest BCUT2D eigenvalue weighted by Gasteiger charge is -2.25. The monoisotopic (exact) mass is 650 g/mol. The molecule has 0 radical (unpaired) electrons. The van der Waals surface area contributed by atoms with Crippen molar-refractivity contribution in [3.63, 3.8) is 0 Å². The quantitative estimate of drug-likeness (QED) is 0.187. The molecule has 0 aliphatic carbocycles. The molecule has 10 nitrogen and oxygen atoms in total. The Bertz CT molecular complexity index is 1330. The maximum absolute atomic E-state index is 13.8. The van der Waals surface area contributed by atoms with Crippen LogP contribution in [0, 0.1) is 15.2 Å². The first-order chi connectivity index (χ1) is 17.4. The van der Waals surface area contributed by atoms with Crippen LogP contribution in [0.2, 0.25) is 0 Å². The van der Waals surface area contributed by atoms with Crippen LogP contribution in [0.3, 0.4) is 0 Å². The van der Waals surface area contributed by atoms with E-state index in [2.05, 4.69) is 38.2 Å². The van der Waals surface area contributed by atoms with Crippen LogP contribution >= 0.6 is 22.6 Å². The Kier molecular flexibility index (Phi) is 9.94. The number of benzene rings is 2. The fraction of sp³-hybridized carbons (Fsp3) is 0.304. The second kappa shape index (κ2) is 12.7. The first-order valence-electron chi connectivity index (χ1n) is 10.9. The molecular weight excluding hydrogens is 625 g/mol. The summed E-state index contributed by atoms with van der Waals surface area (Å²) in [7, 11) is -3.78. The van der Waals surface area contributed by atoms with Gasteiger partial charge in [0.25, 0.3) is 5.91 Å². The molecule has 0 aliphatic rings. The predicted octanol–water partition coefficient (Wildman–Crippen LogP) is 1.91. The minimum Gasteiger partial charge on any atom is -0.425 e. The van der Waals surface area contributed by atoms with Gasteiger partial charge in [-0.05, 0) is 64.4 Å². The Hall–Kier alpha value is -2.66. The van der Waals surface area contributed by atoms with Crippen molar-refractivity contribution in [2.45, 2.75) is 31.7 Å². The molecule has 0 saturated heterocycles. The predicted molar refractivity (Wildman–Crippen MR) is 139 cm³/mol. The van der Waals surface area contributed by atoms with Crippen molar-refractivity contribution in [1.82, 2.24) is 15.6 Å². The van der Waals surface area contributed by atoms with Crippen molar-refractivity contribution in [3.05, 3.63) is 80.3 Å². The number of aliphatic hydroxyl groups is 2. The smallest absolute Gasteiger partial charge is 0.309 e. The first kappa shape index (κ1) is 28.9. The van der Waals surface area contributed by atoms with E-state index < -0.39 is 58.0 Å². The van der Waals surface area contributed by atoms with Gasteiger partial charge < -0.3 is 25.3 Å². The second-order valence-electron chi connectivity index (χ2n) is 8.21. The Morgan fingerprint density at radius 3 is 2.49 bits per heavy atom. The molecule has 0 spiro atoms. The Morgan fingerprint density at radius 1 is 1.16 bits per heavy atom. The molecule has 0 aliphatic heterocycles. The molecule has 0 saturated carbocycles. The number of nitrogens with zero attached hydrogens (tertiary/aromatic N) is 1. The highest BCUT2D eigenvalue weighted by Crippen LogP contribution is 2.18. The zero-order chi connectivity index (χ0) is 27.2. The number of nitrogens with one attached hydrogen (secondary N) is 3. The molecule has 1 heterocycles. The lowest BCUT2D eigenvalue weighted by molar-refractivity contribution is 0.0821. The van der Waals surface area contributed by atoms with E-state index in [0.29, 0.717) is 12.6 Å². The highest BCUT2D eigenvalue weighted by Gasteiger charge is 2.27. The van der Waals surface area contributed by atoms with Crippen LogP contribution in [0.5, 0.6) is 0 Å². The van der Waals surface area contributed by atoms with E-state index in [1.54, 1.807) is 0 Å². The number of oxazole rings is 1. The fourth-order valence-corrected chi connectivity index (χ4v) is 4.51. The van der Waals surface area contributed by atoms with Crippen molar-refractivity contribution in [3.8, 4) is 0 Å². The normalized spacial score (nSPS) is 13.2. The summed E-state index contributed by atoms with van der Waals surface area (Å²) >= 11 is 2.18. The van der Waals surface area contributed by atoms with Crippen molar-refractivity contribution in [2.24, 2.45) is 0 Å². The second-order valence-corrected chi connectivity index (χ2v) is 11.2. The minimum absolute atomic E-state index is 0.0147. The van der Waals surface area contributed by atoms with Crippen LogP contribution in [0.1, 0.15) is 27.4 Å². The minimum atomic E-state index is -3.78. The van der Waals surface area contributed by atoms with Crippen LogP contribution in [-0.2, 0) is 29.6 Å². The molecule has 0 fully saturated rings. The van der Waals surface area contributed by atoms with E-state index in [-0.39, 0.29) is 24.3 Å². The van der Waals surface area contributed by atoms with Gasteiger partial charge in [-0.1, -0.05) is 12.1 Å². The van der Waals surface area contributed by atoms with E-state index in [1.165, 1.54) is 0 Å². The van der Waals surface area contributed by atoms with Gasteiger partial charge in [-0.2, -0.15) is 4.98 Å². The van der Waals surface area contributed by atoms with Crippen molar-refractivity contribution in [1.29, 1.82) is 0 Å². The van der Waals surface area contributed by atoms with Gasteiger partial charge in [0.15, 0.2) is 11.5 Å². The zero-order valence-electron chi connectivity index (χ0n) is 19.5. The van der Waals surface area contributed by atoms with Gasteiger partial charge in [-0.15, -0.1) is 0 Å². The third kappa shape index (κ3) is 8.99. The summed E-state index contributed by atoms with van der Waals surface area (Å²) in [6, 6.07) is 8.97. The number of rotatable bonds is 12. The molecule has 1 aromatic heterocycles. The average Bonchev–Trinajstić information content (AvgIpc) is 3.19. The number of halogens is 3. The number of sulfonamides is 1. The van der Waals surface area contributed by atoms with Gasteiger partial charge in [-0.25, -0.2) is 21.9 Å². The van der Waals surface area contributed by atoms with Crippen LogP contribution in [0.25, 0.3) is 0 Å². The molecule has 3 aromatic rings. The maximum atomic E-state index is 13.8. The highest BCUT2D eigenvalue weighted by molar-refractivity contribution is 14.1. The number of carbonyl (C=O) groups excluding carboxylic acids is 1. The highest BCUT2D eigenvalue weighted by atomic mass is 127. The first-order valence-corrected chi connectivity index (χ1v) is 13.9. The summed E-state index contributed by atoms with van der Waals surface area (Å²) in [5.41, 5.74) is 0.734. The average molecular weight is 650 g/mol. The third-order valence-corrected chi connectivity index (χ3v) is 6.28. The molecule has 0 unspecified atom stereocenters. The molecule has 1 amide bonds. The summed E-state index contributed by atoms with van der Waals surface area (Å²) in [5.74, 6) is -2.85. The van der Waals surface area contributed by atoms with Gasteiger partial charge in [0.1, 0.15) is 18.2 Å². The van der Waals surface area contributed by atoms with Crippen LogP contribution in [0.4, 0.5) is 14.8 Å². The third-order valence-electron chi connectivity index (χ3n) is 5.06. The number of aliphatic hydroxyl groups excluding tert-OH is 2. The fourth-order valence-electron chi connectivity index (χ4n) is 3.49. The van der Waals surface area contributed by atoms with E-state index in [1.807, 2.05) is 29.0 Å². The van der Waals surface area contributed by atoms with Gasteiger partial charge in [0.05, 0.1) is 18.4 Å². The summed E-state index contributed by atoms with van der Waals surface area (Å²) in [6.07, 6.45) is -0.507. The molecule has 2 atom stereocenters. The zero-order valence-corrected chi connectivity index (χ0v) is 22.5. The molecule has 0 bridgehead atoms. The Balaban J connectivity index is 1.78. The van der Waals surface area contributed by atoms with E-state index >= 15 is 0 Å². The summed E-state index contributed by atoms with van der Waals surface area (Å²) in [6.45, 7) is -0.330. The molecule has 2 aromatic carbocycles. The van der Waals surface area contributed by atoms with Crippen LogP contribution in [0.15, 0.2) is 46.9 Å². The van der Waals surface area contributed by atoms with Crippen molar-refractivity contribution < 1.29 is 36.6 Å². The largest absolute Gasteiger partial charge is 0.425 e. The number of aromatic nitrogens is 1. The Labute approximate surface area is 225 Å². The Morgan fingerprint density at radius 2 is 1.86 bits per heavy atom. The van der Waals surface area contributed by atoms with Gasteiger partial charge >= 0.3 is 6.01 Å². The van der Waals surface area contributed by atoms with E-state index in [4.69, 9.17) is 4.42 Å². The van der Waals surface area contributed by atoms with E-state index in [0.717, 1.165) is 27.5 Å². The molecule has 14 heteroatoms. The molecule has 3 rings (SSSR count). The summed E-state index contributed by atoms with van der Waals surface area (Å²) in [5, 5.41) is 26.0. The number of amides is 1. The molecule has 37 heavy (non-hydrogen) atoms. The van der Waals surface area contributed by atoms with Gasteiger partial charge in [0, 0.05) is 22.7 Å². The lowest BCUT2D eigenvalue weighted by atomic mass is 10.00. The SMILES string of the molecule is CS(=O)(=O)Nc1nc(C(=O)N[C@@H](Cc2cc(F)cc(F)c2)[C@@H](O)CNCc2cccc(I)c2)c(CO)o1.